The van der Waals surface area contributed by atoms with Crippen LogP contribution in [0.3, 0.4) is 0 Å². The highest BCUT2D eigenvalue weighted by Crippen LogP contribution is 2.43. The zero-order chi connectivity index (χ0) is 20.5. The number of benzene rings is 3. The van der Waals surface area contributed by atoms with E-state index in [2.05, 4.69) is 15.9 Å². The summed E-state index contributed by atoms with van der Waals surface area (Å²) in [7, 11) is 0. The van der Waals surface area contributed by atoms with Crippen LogP contribution in [0.5, 0.6) is 0 Å². The average Bonchev–Trinajstić information content (AvgIpc) is 2.70. The Kier molecular flexibility index (Phi) is 5.43. The van der Waals surface area contributed by atoms with Gasteiger partial charge in [-0.3, -0.25) is 9.59 Å². The lowest BCUT2D eigenvalue weighted by molar-refractivity contribution is -0.140. The Morgan fingerprint density at radius 1 is 1.03 bits per heavy atom. The van der Waals surface area contributed by atoms with E-state index in [0.29, 0.717) is 16.1 Å². The van der Waals surface area contributed by atoms with Crippen LogP contribution in [0.15, 0.2) is 77.3 Å². The molecule has 1 N–H and O–H groups in total. The van der Waals surface area contributed by atoms with Crippen molar-refractivity contribution in [2.75, 3.05) is 0 Å². The maximum absolute atomic E-state index is 13.4. The smallest absolute Gasteiger partial charge is 0.313 e. The molecule has 1 amide bonds. The summed E-state index contributed by atoms with van der Waals surface area (Å²) in [5, 5.41) is 10.7. The Bertz CT molecular complexity index is 1080. The molecule has 0 aliphatic carbocycles. The van der Waals surface area contributed by atoms with Crippen LogP contribution in [0.25, 0.3) is 0 Å². The van der Waals surface area contributed by atoms with Crippen LogP contribution in [-0.2, 0) is 11.3 Å². The molecular weight excluding hydrogens is 454 g/mol. The number of amides is 1. The summed E-state index contributed by atoms with van der Waals surface area (Å²) in [6.07, 6.45) is 0. The molecule has 4 nitrogen and oxygen atoms in total. The Hall–Kier alpha value is -2.63. The number of carboxylic acid groups (broad SMARTS) is 1. The maximum atomic E-state index is 13.4. The van der Waals surface area contributed by atoms with E-state index >= 15 is 0 Å². The molecule has 1 heterocycles. The van der Waals surface area contributed by atoms with E-state index in [1.165, 1.54) is 0 Å². The normalized spacial score (nSPS) is 18.4. The lowest BCUT2D eigenvalue weighted by atomic mass is 9.79. The molecule has 4 rings (SSSR count). The Balaban J connectivity index is 1.88. The van der Waals surface area contributed by atoms with Gasteiger partial charge in [0.1, 0.15) is 5.92 Å². The summed E-state index contributed by atoms with van der Waals surface area (Å²) in [6, 6.07) is 21.0. The van der Waals surface area contributed by atoms with Crippen LogP contribution in [0.1, 0.15) is 39.0 Å². The van der Waals surface area contributed by atoms with Gasteiger partial charge < -0.3 is 10.0 Å². The standard InChI is InChI=1S/C23H17BrClNO3/c24-16-10-8-15(9-11-16)21-20(23(28)29)18-6-1-2-7-19(18)22(27)26(21)13-14-4-3-5-17(25)12-14/h1-12,20-21H,13H2,(H,28,29). The van der Waals surface area contributed by atoms with Gasteiger partial charge in [-0.05, 0) is 47.0 Å². The molecule has 0 spiro atoms. The Morgan fingerprint density at radius 3 is 2.45 bits per heavy atom. The van der Waals surface area contributed by atoms with Crippen molar-refractivity contribution in [2.24, 2.45) is 0 Å². The van der Waals surface area contributed by atoms with Crippen molar-refractivity contribution < 1.29 is 14.7 Å². The molecule has 0 saturated carbocycles. The molecule has 2 unspecified atom stereocenters. The summed E-state index contributed by atoms with van der Waals surface area (Å²) < 4.78 is 0.886. The molecule has 0 bridgehead atoms. The second-order valence-electron chi connectivity index (χ2n) is 6.96. The number of carbonyl (C=O) groups is 2. The minimum atomic E-state index is -0.964. The molecule has 3 aromatic carbocycles. The lowest BCUT2D eigenvalue weighted by Crippen LogP contribution is -2.44. The van der Waals surface area contributed by atoms with Gasteiger partial charge in [0.15, 0.2) is 0 Å². The lowest BCUT2D eigenvalue weighted by Gasteiger charge is -2.41. The van der Waals surface area contributed by atoms with E-state index < -0.39 is 17.9 Å². The predicted octanol–water partition coefficient (Wildman–Crippen LogP) is 5.67. The molecule has 29 heavy (non-hydrogen) atoms. The van der Waals surface area contributed by atoms with Crippen LogP contribution in [-0.4, -0.2) is 21.9 Å². The van der Waals surface area contributed by atoms with Crippen molar-refractivity contribution >= 4 is 39.4 Å². The van der Waals surface area contributed by atoms with E-state index in [-0.39, 0.29) is 12.5 Å². The fraction of sp³-hybridized carbons (Fsp3) is 0.130. The highest BCUT2D eigenvalue weighted by atomic mass is 79.9. The molecule has 0 saturated heterocycles. The minimum absolute atomic E-state index is 0.189. The fourth-order valence-electron chi connectivity index (χ4n) is 3.90. The van der Waals surface area contributed by atoms with Gasteiger partial charge >= 0.3 is 5.97 Å². The number of halogens is 2. The predicted molar refractivity (Wildman–Crippen MR) is 115 cm³/mol. The zero-order valence-electron chi connectivity index (χ0n) is 15.3. The van der Waals surface area contributed by atoms with Gasteiger partial charge in [-0.1, -0.05) is 70.0 Å². The topological polar surface area (TPSA) is 57.6 Å². The van der Waals surface area contributed by atoms with Crippen LogP contribution in [0, 0.1) is 0 Å². The largest absolute Gasteiger partial charge is 0.481 e. The molecular formula is C23H17BrClNO3. The van der Waals surface area contributed by atoms with Crippen molar-refractivity contribution in [2.45, 2.75) is 18.5 Å². The Labute approximate surface area is 181 Å². The van der Waals surface area contributed by atoms with Crippen molar-refractivity contribution in [3.8, 4) is 0 Å². The number of aliphatic carboxylic acids is 1. The van der Waals surface area contributed by atoms with Crippen LogP contribution < -0.4 is 0 Å². The van der Waals surface area contributed by atoms with E-state index in [0.717, 1.165) is 15.6 Å². The number of hydrogen-bond acceptors (Lipinski definition) is 2. The van der Waals surface area contributed by atoms with E-state index in [9.17, 15) is 14.7 Å². The quantitative estimate of drug-likeness (QED) is 0.535. The molecule has 0 aromatic heterocycles. The van der Waals surface area contributed by atoms with Gasteiger partial charge in [-0.25, -0.2) is 0 Å². The summed E-state index contributed by atoms with van der Waals surface area (Å²) in [5.41, 5.74) is 2.58. The SMILES string of the molecule is O=C(O)C1c2ccccc2C(=O)N(Cc2cccc(Cl)c2)C1c1ccc(Br)cc1. The molecule has 6 heteroatoms. The van der Waals surface area contributed by atoms with Gasteiger partial charge in [0.25, 0.3) is 5.91 Å². The molecule has 2 atom stereocenters. The number of fused-ring (bicyclic) bond motifs is 1. The minimum Gasteiger partial charge on any atom is -0.481 e. The van der Waals surface area contributed by atoms with Crippen LogP contribution in [0.4, 0.5) is 0 Å². The summed E-state index contributed by atoms with van der Waals surface area (Å²) in [4.78, 5) is 27.4. The third kappa shape index (κ3) is 3.80. The third-order valence-electron chi connectivity index (χ3n) is 5.16. The van der Waals surface area contributed by atoms with Gasteiger partial charge in [0.2, 0.25) is 0 Å². The van der Waals surface area contributed by atoms with E-state index in [1.807, 2.05) is 36.4 Å². The second-order valence-corrected chi connectivity index (χ2v) is 8.31. The number of carboxylic acids is 1. The summed E-state index contributed by atoms with van der Waals surface area (Å²) in [6.45, 7) is 0.262. The summed E-state index contributed by atoms with van der Waals surface area (Å²) >= 11 is 9.54. The number of rotatable bonds is 4. The van der Waals surface area contributed by atoms with Crippen molar-refractivity contribution in [1.82, 2.24) is 4.90 Å². The van der Waals surface area contributed by atoms with Crippen LogP contribution in [0.2, 0.25) is 5.02 Å². The van der Waals surface area contributed by atoms with Crippen molar-refractivity contribution in [1.29, 1.82) is 0 Å². The van der Waals surface area contributed by atoms with Gasteiger partial charge in [0.05, 0.1) is 6.04 Å². The molecule has 146 valence electrons. The number of hydrogen-bond donors (Lipinski definition) is 1. The Morgan fingerprint density at radius 2 is 1.76 bits per heavy atom. The van der Waals surface area contributed by atoms with Gasteiger partial charge in [0, 0.05) is 21.6 Å². The second kappa shape index (κ2) is 8.01. The monoisotopic (exact) mass is 469 g/mol. The van der Waals surface area contributed by atoms with E-state index in [1.54, 1.807) is 41.3 Å². The molecule has 3 aromatic rings. The first-order valence-electron chi connectivity index (χ1n) is 9.08. The third-order valence-corrected chi connectivity index (χ3v) is 5.92. The molecule has 1 aliphatic heterocycles. The first-order valence-corrected chi connectivity index (χ1v) is 10.3. The highest BCUT2D eigenvalue weighted by Gasteiger charge is 2.44. The van der Waals surface area contributed by atoms with Crippen molar-refractivity contribution in [3.05, 3.63) is 105 Å². The number of carbonyl (C=O) groups excluding carboxylic acids is 1. The first-order chi connectivity index (χ1) is 14.0. The molecule has 0 radical (unpaired) electrons. The molecule has 1 aliphatic rings. The average molecular weight is 471 g/mol. The number of nitrogens with zero attached hydrogens (tertiary/aromatic N) is 1. The van der Waals surface area contributed by atoms with Crippen LogP contribution >= 0.6 is 27.5 Å². The molecule has 0 fully saturated rings. The highest BCUT2D eigenvalue weighted by molar-refractivity contribution is 9.10. The van der Waals surface area contributed by atoms with Gasteiger partial charge in [-0.15, -0.1) is 0 Å². The summed E-state index contributed by atoms with van der Waals surface area (Å²) in [5.74, 6) is -2.02. The van der Waals surface area contributed by atoms with E-state index in [4.69, 9.17) is 11.6 Å². The maximum Gasteiger partial charge on any atom is 0.313 e. The van der Waals surface area contributed by atoms with Gasteiger partial charge in [-0.2, -0.15) is 0 Å². The van der Waals surface area contributed by atoms with Crippen molar-refractivity contribution in [3.63, 3.8) is 0 Å². The zero-order valence-corrected chi connectivity index (χ0v) is 17.6. The first kappa shape index (κ1) is 19.7. The fourth-order valence-corrected chi connectivity index (χ4v) is 4.37.